The first kappa shape index (κ1) is 24.8. The number of aliphatic hydroxyl groups is 1. The van der Waals surface area contributed by atoms with Crippen LogP contribution in [0.4, 0.5) is 0 Å². The summed E-state index contributed by atoms with van der Waals surface area (Å²) >= 11 is 0. The van der Waals surface area contributed by atoms with Crippen LogP contribution >= 0.6 is 0 Å². The Bertz CT molecular complexity index is 672. The predicted octanol–water partition coefficient (Wildman–Crippen LogP) is 3.80. The van der Waals surface area contributed by atoms with Crippen LogP contribution in [0.25, 0.3) is 0 Å². The zero-order valence-corrected chi connectivity index (χ0v) is 20.2. The molecule has 1 heterocycles. The highest BCUT2D eigenvalue weighted by Crippen LogP contribution is 2.39. The Morgan fingerprint density at radius 1 is 1.12 bits per heavy atom. The van der Waals surface area contributed by atoms with Crippen molar-refractivity contribution >= 4 is 5.96 Å². The number of aliphatic imine (C=N–C) groups is 1. The van der Waals surface area contributed by atoms with Gasteiger partial charge < -0.3 is 20.5 Å². The fourth-order valence-corrected chi connectivity index (χ4v) is 5.19. The summed E-state index contributed by atoms with van der Waals surface area (Å²) in [5.41, 5.74) is 1.55. The van der Waals surface area contributed by atoms with Crippen LogP contribution in [-0.4, -0.2) is 62.4 Å². The molecule has 0 unspecified atom stereocenters. The Morgan fingerprint density at radius 2 is 1.84 bits per heavy atom. The SMILES string of the molecule is CCNC(=NCC1(CCO)CCCCC1)NCC1CCN(Cc2ccc(OC)cc2)CC1. The highest BCUT2D eigenvalue weighted by Gasteiger charge is 2.31. The lowest BCUT2D eigenvalue weighted by molar-refractivity contribution is 0.137. The maximum absolute atomic E-state index is 9.57. The molecule has 6 nitrogen and oxygen atoms in total. The second kappa shape index (κ2) is 13.0. The van der Waals surface area contributed by atoms with Crippen molar-refractivity contribution in [3.05, 3.63) is 29.8 Å². The lowest BCUT2D eigenvalue weighted by atomic mass is 9.72. The number of methoxy groups -OCH3 is 1. The van der Waals surface area contributed by atoms with Gasteiger partial charge in [-0.3, -0.25) is 9.89 Å². The summed E-state index contributed by atoms with van der Waals surface area (Å²) in [7, 11) is 1.71. The minimum Gasteiger partial charge on any atom is -0.497 e. The van der Waals surface area contributed by atoms with Crippen molar-refractivity contribution in [3.63, 3.8) is 0 Å². The monoisotopic (exact) mass is 444 g/mol. The molecule has 6 heteroatoms. The third-order valence-electron chi connectivity index (χ3n) is 7.30. The number of hydrogen-bond donors (Lipinski definition) is 3. The van der Waals surface area contributed by atoms with Crippen molar-refractivity contribution in [3.8, 4) is 5.75 Å². The first-order valence-electron chi connectivity index (χ1n) is 12.6. The first-order chi connectivity index (χ1) is 15.7. The van der Waals surface area contributed by atoms with E-state index in [4.69, 9.17) is 9.73 Å². The van der Waals surface area contributed by atoms with Crippen molar-refractivity contribution in [1.82, 2.24) is 15.5 Å². The van der Waals surface area contributed by atoms with Crippen LogP contribution in [0.5, 0.6) is 5.75 Å². The van der Waals surface area contributed by atoms with Crippen molar-refractivity contribution in [2.24, 2.45) is 16.3 Å². The molecule has 180 valence electrons. The summed E-state index contributed by atoms with van der Waals surface area (Å²) in [6.07, 6.45) is 9.58. The number of piperidine rings is 1. The zero-order valence-electron chi connectivity index (χ0n) is 20.2. The summed E-state index contributed by atoms with van der Waals surface area (Å²) in [6, 6.07) is 8.43. The third kappa shape index (κ3) is 7.66. The highest BCUT2D eigenvalue weighted by molar-refractivity contribution is 5.79. The molecule has 1 aromatic carbocycles. The number of benzene rings is 1. The van der Waals surface area contributed by atoms with Gasteiger partial charge in [-0.05, 0) is 81.1 Å². The molecule has 2 fully saturated rings. The van der Waals surface area contributed by atoms with Gasteiger partial charge in [-0.1, -0.05) is 31.4 Å². The number of rotatable bonds is 10. The topological polar surface area (TPSA) is 69.1 Å². The van der Waals surface area contributed by atoms with E-state index in [2.05, 4.69) is 34.6 Å². The Balaban J connectivity index is 1.44. The van der Waals surface area contributed by atoms with Crippen LogP contribution in [-0.2, 0) is 6.54 Å². The molecule has 1 aliphatic heterocycles. The molecule has 1 aliphatic carbocycles. The molecule has 0 spiro atoms. The van der Waals surface area contributed by atoms with Gasteiger partial charge in [-0.2, -0.15) is 0 Å². The van der Waals surface area contributed by atoms with Gasteiger partial charge in [0.15, 0.2) is 5.96 Å². The Labute approximate surface area is 194 Å². The summed E-state index contributed by atoms with van der Waals surface area (Å²) in [5, 5.41) is 16.6. The summed E-state index contributed by atoms with van der Waals surface area (Å²) in [6.45, 7) is 8.38. The van der Waals surface area contributed by atoms with E-state index in [1.54, 1.807) is 7.11 Å². The van der Waals surface area contributed by atoms with E-state index in [1.165, 1.54) is 50.5 Å². The number of hydrogen-bond acceptors (Lipinski definition) is 4. The molecular weight excluding hydrogens is 400 g/mol. The summed E-state index contributed by atoms with van der Waals surface area (Å²) in [4.78, 5) is 7.51. The molecule has 3 rings (SSSR count). The maximum atomic E-state index is 9.57. The normalized spacial score (nSPS) is 20.2. The fourth-order valence-electron chi connectivity index (χ4n) is 5.19. The lowest BCUT2D eigenvalue weighted by Crippen LogP contribution is -2.43. The average molecular weight is 445 g/mol. The predicted molar refractivity (Wildman–Crippen MR) is 132 cm³/mol. The molecule has 3 N–H and O–H groups in total. The van der Waals surface area contributed by atoms with Gasteiger partial charge in [0.2, 0.25) is 0 Å². The summed E-state index contributed by atoms with van der Waals surface area (Å²) < 4.78 is 5.26. The molecule has 0 atom stereocenters. The number of likely N-dealkylation sites (tertiary alicyclic amines) is 1. The first-order valence-corrected chi connectivity index (χ1v) is 12.6. The van der Waals surface area contributed by atoms with E-state index in [0.717, 1.165) is 57.4 Å². The Hall–Kier alpha value is -1.79. The standard InChI is InChI=1S/C26H44N4O2/c1-3-27-25(29-21-26(15-18-31)13-5-4-6-14-26)28-19-22-11-16-30(17-12-22)20-23-7-9-24(32-2)10-8-23/h7-10,22,31H,3-6,11-21H2,1-2H3,(H2,27,28,29). The smallest absolute Gasteiger partial charge is 0.191 e. The largest absolute Gasteiger partial charge is 0.497 e. The second-order valence-corrected chi connectivity index (χ2v) is 9.68. The van der Waals surface area contributed by atoms with E-state index in [1.807, 2.05) is 12.1 Å². The number of guanidine groups is 1. The summed E-state index contributed by atoms with van der Waals surface area (Å²) in [5.74, 6) is 2.55. The molecule has 1 saturated carbocycles. The minimum atomic E-state index is 0.197. The molecule has 0 amide bonds. The fraction of sp³-hybridized carbons (Fsp3) is 0.731. The van der Waals surface area contributed by atoms with Crippen LogP contribution in [0.15, 0.2) is 29.3 Å². The average Bonchev–Trinajstić information content (AvgIpc) is 2.83. The van der Waals surface area contributed by atoms with Gasteiger partial charge in [0.25, 0.3) is 0 Å². The van der Waals surface area contributed by atoms with E-state index >= 15 is 0 Å². The molecular formula is C26H44N4O2. The number of ether oxygens (including phenoxy) is 1. The molecule has 0 aromatic heterocycles. The number of aliphatic hydroxyl groups excluding tert-OH is 1. The molecule has 2 aliphatic rings. The van der Waals surface area contributed by atoms with Crippen LogP contribution in [0, 0.1) is 11.3 Å². The van der Waals surface area contributed by atoms with E-state index in [0.29, 0.717) is 5.92 Å². The highest BCUT2D eigenvalue weighted by atomic mass is 16.5. The van der Waals surface area contributed by atoms with Crippen LogP contribution in [0.1, 0.15) is 63.9 Å². The van der Waals surface area contributed by atoms with E-state index in [-0.39, 0.29) is 12.0 Å². The molecule has 1 saturated heterocycles. The van der Waals surface area contributed by atoms with Crippen LogP contribution in [0.2, 0.25) is 0 Å². The lowest BCUT2D eigenvalue weighted by Gasteiger charge is -2.36. The molecule has 32 heavy (non-hydrogen) atoms. The van der Waals surface area contributed by atoms with Gasteiger partial charge in [0.05, 0.1) is 7.11 Å². The van der Waals surface area contributed by atoms with Gasteiger partial charge >= 0.3 is 0 Å². The molecule has 1 aromatic rings. The second-order valence-electron chi connectivity index (χ2n) is 9.68. The van der Waals surface area contributed by atoms with E-state index in [9.17, 15) is 5.11 Å². The van der Waals surface area contributed by atoms with Crippen molar-refractivity contribution < 1.29 is 9.84 Å². The third-order valence-corrected chi connectivity index (χ3v) is 7.30. The maximum Gasteiger partial charge on any atom is 0.191 e. The zero-order chi connectivity index (χ0) is 22.7. The van der Waals surface area contributed by atoms with Gasteiger partial charge in [-0.25, -0.2) is 0 Å². The number of nitrogens with one attached hydrogen (secondary N) is 2. The molecule has 0 radical (unpaired) electrons. The van der Waals surface area contributed by atoms with Crippen molar-refractivity contribution in [2.75, 3.05) is 46.4 Å². The van der Waals surface area contributed by atoms with Gasteiger partial charge in [0, 0.05) is 32.8 Å². The quantitative estimate of drug-likeness (QED) is 0.378. The van der Waals surface area contributed by atoms with Crippen LogP contribution in [0.3, 0.4) is 0 Å². The Morgan fingerprint density at radius 3 is 2.47 bits per heavy atom. The van der Waals surface area contributed by atoms with E-state index < -0.39 is 0 Å². The number of nitrogens with zero attached hydrogens (tertiary/aromatic N) is 2. The minimum absolute atomic E-state index is 0.197. The Kier molecular flexibility index (Phi) is 10.1. The van der Waals surface area contributed by atoms with Gasteiger partial charge in [0.1, 0.15) is 5.75 Å². The van der Waals surface area contributed by atoms with Crippen LogP contribution < -0.4 is 15.4 Å². The van der Waals surface area contributed by atoms with Crippen molar-refractivity contribution in [2.45, 2.75) is 64.8 Å². The van der Waals surface area contributed by atoms with Crippen molar-refractivity contribution in [1.29, 1.82) is 0 Å². The van der Waals surface area contributed by atoms with Gasteiger partial charge in [-0.15, -0.1) is 0 Å². The molecule has 0 bridgehead atoms.